The van der Waals surface area contributed by atoms with Gasteiger partial charge in [-0.15, -0.1) is 24.0 Å². The Morgan fingerprint density at radius 3 is 2.29 bits per heavy atom. The van der Waals surface area contributed by atoms with Crippen molar-refractivity contribution in [3.05, 3.63) is 53.2 Å². The number of nitrogens with zero attached hydrogens (tertiary/aromatic N) is 3. The van der Waals surface area contributed by atoms with Gasteiger partial charge in [-0.25, -0.2) is 4.98 Å². The molecule has 0 amide bonds. The monoisotopic (exact) mass is 539 g/mol. The minimum Gasteiger partial charge on any atom is -0.443 e. The molecule has 1 aromatic heterocycles. The molecule has 3 rings (SSSR count). The van der Waals surface area contributed by atoms with E-state index < -0.39 is 0 Å². The van der Waals surface area contributed by atoms with Gasteiger partial charge >= 0.3 is 0 Å². The Balaban J connectivity index is 0.00000341. The average Bonchev–Trinajstić information content (AvgIpc) is 3.07. The van der Waals surface area contributed by atoms with Gasteiger partial charge in [-0.05, 0) is 37.1 Å². The minimum absolute atomic E-state index is 0. The molecule has 0 atom stereocenters. The van der Waals surface area contributed by atoms with E-state index in [0.717, 1.165) is 24.8 Å². The average molecular weight is 540 g/mol. The molecule has 0 bridgehead atoms. The van der Waals surface area contributed by atoms with Crippen LogP contribution < -0.4 is 10.6 Å². The van der Waals surface area contributed by atoms with Gasteiger partial charge in [-0.1, -0.05) is 57.9 Å². The first-order valence-electron chi connectivity index (χ1n) is 11.1. The molecule has 7 heteroatoms. The van der Waals surface area contributed by atoms with Crippen molar-refractivity contribution in [1.82, 2.24) is 20.5 Å². The van der Waals surface area contributed by atoms with Crippen LogP contribution in [-0.2, 0) is 25.0 Å². The molecule has 31 heavy (non-hydrogen) atoms. The summed E-state index contributed by atoms with van der Waals surface area (Å²) < 4.78 is 5.86. The number of aliphatic imine (C=N–C) groups is 1. The molecule has 1 aromatic carbocycles. The highest BCUT2D eigenvalue weighted by Gasteiger charge is 2.19. The number of oxazole rings is 1. The van der Waals surface area contributed by atoms with Crippen molar-refractivity contribution in [2.75, 3.05) is 20.1 Å². The van der Waals surface area contributed by atoms with E-state index in [-0.39, 0.29) is 29.4 Å². The van der Waals surface area contributed by atoms with E-state index in [2.05, 4.69) is 70.5 Å². The lowest BCUT2D eigenvalue weighted by Gasteiger charge is -2.22. The van der Waals surface area contributed by atoms with E-state index >= 15 is 0 Å². The number of likely N-dealkylation sites (tertiary alicyclic amines) is 1. The van der Waals surface area contributed by atoms with E-state index in [1.807, 2.05) is 6.20 Å². The Kier molecular flexibility index (Phi) is 10.3. The van der Waals surface area contributed by atoms with Crippen LogP contribution in [0.25, 0.3) is 0 Å². The number of halogens is 1. The highest BCUT2D eigenvalue weighted by molar-refractivity contribution is 14.0. The van der Waals surface area contributed by atoms with Crippen LogP contribution >= 0.6 is 24.0 Å². The van der Waals surface area contributed by atoms with E-state index in [9.17, 15) is 0 Å². The minimum atomic E-state index is -0.0394. The van der Waals surface area contributed by atoms with Crippen LogP contribution in [0.4, 0.5) is 0 Å². The van der Waals surface area contributed by atoms with Crippen molar-refractivity contribution in [1.29, 1.82) is 0 Å². The molecule has 1 fully saturated rings. The van der Waals surface area contributed by atoms with Crippen LogP contribution in [0.2, 0.25) is 0 Å². The number of hydrogen-bond donors (Lipinski definition) is 2. The third kappa shape index (κ3) is 8.11. The van der Waals surface area contributed by atoms with E-state index in [1.54, 1.807) is 7.05 Å². The van der Waals surface area contributed by atoms with Crippen LogP contribution in [0.5, 0.6) is 0 Å². The second-order valence-electron chi connectivity index (χ2n) is 9.11. The maximum atomic E-state index is 5.86. The van der Waals surface area contributed by atoms with E-state index in [0.29, 0.717) is 12.4 Å². The lowest BCUT2D eigenvalue weighted by atomic mass is 9.94. The van der Waals surface area contributed by atoms with E-state index in [1.165, 1.54) is 49.9 Å². The second kappa shape index (κ2) is 12.4. The van der Waals surface area contributed by atoms with Crippen molar-refractivity contribution >= 4 is 29.9 Å². The number of aromatic nitrogens is 1. The third-order valence-electron chi connectivity index (χ3n) is 5.58. The molecule has 6 nitrogen and oxygen atoms in total. The first-order chi connectivity index (χ1) is 14.5. The quantitative estimate of drug-likeness (QED) is 0.313. The molecule has 1 aliphatic rings. The summed E-state index contributed by atoms with van der Waals surface area (Å²) >= 11 is 0. The van der Waals surface area contributed by atoms with Gasteiger partial charge in [0.25, 0.3) is 0 Å². The lowest BCUT2D eigenvalue weighted by Crippen LogP contribution is -2.36. The summed E-state index contributed by atoms with van der Waals surface area (Å²) in [6.07, 6.45) is 7.17. The fraction of sp³-hybridized carbons (Fsp3) is 0.583. The first kappa shape index (κ1) is 25.6. The number of guanidine groups is 1. The highest BCUT2D eigenvalue weighted by atomic mass is 127. The molecule has 0 unspecified atom stereocenters. The predicted octanol–water partition coefficient (Wildman–Crippen LogP) is 4.83. The van der Waals surface area contributed by atoms with Crippen LogP contribution in [0, 0.1) is 0 Å². The Morgan fingerprint density at radius 1 is 1.03 bits per heavy atom. The molecule has 2 N–H and O–H groups in total. The Bertz CT molecular complexity index is 819. The number of benzene rings is 1. The number of rotatable bonds is 6. The normalized spacial score (nSPS) is 15.8. The molecule has 2 heterocycles. The summed E-state index contributed by atoms with van der Waals surface area (Å²) in [6, 6.07) is 8.70. The van der Waals surface area contributed by atoms with Gasteiger partial charge in [-0.2, -0.15) is 0 Å². The van der Waals surface area contributed by atoms with E-state index in [4.69, 9.17) is 4.42 Å². The summed E-state index contributed by atoms with van der Waals surface area (Å²) in [5.41, 5.74) is 2.67. The molecular weight excluding hydrogens is 501 g/mol. The Hall–Kier alpha value is -1.61. The molecule has 0 spiro atoms. The van der Waals surface area contributed by atoms with Crippen molar-refractivity contribution in [3.8, 4) is 0 Å². The maximum absolute atomic E-state index is 5.86. The van der Waals surface area contributed by atoms with Gasteiger partial charge < -0.3 is 15.1 Å². The van der Waals surface area contributed by atoms with Crippen molar-refractivity contribution < 1.29 is 4.42 Å². The van der Waals surface area contributed by atoms with Crippen LogP contribution in [-0.4, -0.2) is 36.0 Å². The van der Waals surface area contributed by atoms with Crippen LogP contribution in [0.15, 0.2) is 39.9 Å². The molecule has 1 saturated heterocycles. The molecule has 0 radical (unpaired) electrons. The topological polar surface area (TPSA) is 65.7 Å². The van der Waals surface area contributed by atoms with Gasteiger partial charge in [0.05, 0.1) is 12.7 Å². The van der Waals surface area contributed by atoms with Gasteiger partial charge in [0.2, 0.25) is 5.89 Å². The van der Waals surface area contributed by atoms with Gasteiger partial charge in [-0.3, -0.25) is 9.89 Å². The summed E-state index contributed by atoms with van der Waals surface area (Å²) in [4.78, 5) is 11.3. The molecule has 0 aliphatic carbocycles. The molecule has 172 valence electrons. The summed E-state index contributed by atoms with van der Waals surface area (Å²) in [5.74, 6) is 2.31. The zero-order chi connectivity index (χ0) is 21.4. The Morgan fingerprint density at radius 2 is 1.68 bits per heavy atom. The zero-order valence-electron chi connectivity index (χ0n) is 19.4. The fourth-order valence-electron chi connectivity index (χ4n) is 3.72. The summed E-state index contributed by atoms with van der Waals surface area (Å²) in [7, 11) is 1.79. The summed E-state index contributed by atoms with van der Waals surface area (Å²) in [5, 5.41) is 6.74. The smallest absolute Gasteiger partial charge is 0.213 e. The highest BCUT2D eigenvalue weighted by Crippen LogP contribution is 2.22. The van der Waals surface area contributed by atoms with Crippen LogP contribution in [0.3, 0.4) is 0 Å². The molecular formula is C24H38IN5O. The van der Waals surface area contributed by atoms with Crippen LogP contribution in [0.1, 0.15) is 69.2 Å². The van der Waals surface area contributed by atoms with Crippen molar-refractivity contribution in [2.24, 2.45) is 4.99 Å². The van der Waals surface area contributed by atoms with Gasteiger partial charge in [0.1, 0.15) is 5.76 Å². The van der Waals surface area contributed by atoms with Gasteiger partial charge in [0, 0.05) is 25.6 Å². The standard InChI is InChI=1S/C24H37N5O.HI/c1-24(2,3)21-16-26-22(30-21)17-28-23(25-4)27-15-19-11-7-8-12-20(19)18-29-13-9-5-6-10-14-29;/h7-8,11-12,16H,5-6,9-10,13-15,17-18H2,1-4H3,(H2,25,27,28);1H. The van der Waals surface area contributed by atoms with Gasteiger partial charge in [0.15, 0.2) is 5.96 Å². The zero-order valence-corrected chi connectivity index (χ0v) is 21.7. The first-order valence-corrected chi connectivity index (χ1v) is 11.1. The maximum Gasteiger partial charge on any atom is 0.213 e. The molecule has 1 aliphatic heterocycles. The number of hydrogen-bond acceptors (Lipinski definition) is 4. The molecule has 0 saturated carbocycles. The lowest BCUT2D eigenvalue weighted by molar-refractivity contribution is 0.276. The predicted molar refractivity (Wildman–Crippen MR) is 138 cm³/mol. The number of nitrogens with one attached hydrogen (secondary N) is 2. The Labute approximate surface area is 204 Å². The fourth-order valence-corrected chi connectivity index (χ4v) is 3.72. The largest absolute Gasteiger partial charge is 0.443 e. The SMILES string of the molecule is CN=C(NCc1ncc(C(C)(C)C)o1)NCc1ccccc1CN1CCCCCC1.I. The second-order valence-corrected chi connectivity index (χ2v) is 9.11. The van der Waals surface area contributed by atoms with Crippen molar-refractivity contribution in [3.63, 3.8) is 0 Å². The third-order valence-corrected chi connectivity index (χ3v) is 5.58. The van der Waals surface area contributed by atoms with Crippen molar-refractivity contribution in [2.45, 2.75) is 71.5 Å². The summed E-state index contributed by atoms with van der Waals surface area (Å²) in [6.45, 7) is 11.0. The molecule has 2 aromatic rings.